The van der Waals surface area contributed by atoms with Gasteiger partial charge in [-0.3, -0.25) is 0 Å². The first-order valence-electron chi connectivity index (χ1n) is 5.79. The summed E-state index contributed by atoms with van der Waals surface area (Å²) >= 11 is 0. The molecule has 1 atom stereocenters. The number of nitrogens with one attached hydrogen (secondary N) is 3. The fourth-order valence-corrected chi connectivity index (χ4v) is 1.51. The van der Waals surface area contributed by atoms with Gasteiger partial charge >= 0.3 is 6.03 Å². The lowest BCUT2D eigenvalue weighted by Gasteiger charge is -2.11. The smallest absolute Gasteiger partial charge is 0.319 e. The molecule has 0 saturated carbocycles. The maximum Gasteiger partial charge on any atom is 0.319 e. The van der Waals surface area contributed by atoms with Gasteiger partial charge in [-0.2, -0.15) is 5.21 Å². The van der Waals surface area contributed by atoms with Crippen LogP contribution in [-0.4, -0.2) is 26.7 Å². The summed E-state index contributed by atoms with van der Waals surface area (Å²) in [5.74, 6) is 0.425. The Morgan fingerprint density at radius 1 is 1.42 bits per heavy atom. The molecule has 0 spiro atoms. The topological polar surface area (TPSA) is 122 Å². The summed E-state index contributed by atoms with van der Waals surface area (Å²) in [6.07, 6.45) is 0. The number of hydrogen-bond acceptors (Lipinski definition) is 5. The van der Waals surface area contributed by atoms with Crippen molar-refractivity contribution in [1.82, 2.24) is 25.9 Å². The molecule has 0 fully saturated rings. The Labute approximate surface area is 109 Å². The van der Waals surface area contributed by atoms with Gasteiger partial charge in [-0.25, -0.2) is 4.79 Å². The summed E-state index contributed by atoms with van der Waals surface area (Å²) < 4.78 is 0. The Hall–Kier alpha value is -2.48. The van der Waals surface area contributed by atoms with Gasteiger partial charge in [0, 0.05) is 12.2 Å². The predicted molar refractivity (Wildman–Crippen MR) is 69.1 cm³/mol. The maximum atomic E-state index is 11.7. The number of tetrazole rings is 1. The molecule has 2 amide bonds. The van der Waals surface area contributed by atoms with Gasteiger partial charge in [-0.15, -0.1) is 10.2 Å². The molecule has 0 radical (unpaired) electrons. The number of rotatable bonds is 4. The van der Waals surface area contributed by atoms with E-state index in [-0.39, 0.29) is 12.1 Å². The second-order valence-corrected chi connectivity index (χ2v) is 3.99. The average Bonchev–Trinajstić information content (AvgIpc) is 2.93. The molecule has 8 nitrogen and oxygen atoms in total. The van der Waals surface area contributed by atoms with E-state index in [9.17, 15) is 4.79 Å². The molecule has 0 aliphatic heterocycles. The first-order valence-corrected chi connectivity index (χ1v) is 5.79. The summed E-state index contributed by atoms with van der Waals surface area (Å²) in [6.45, 7) is 2.24. The molecular weight excluding hydrogens is 246 g/mol. The van der Waals surface area contributed by atoms with Gasteiger partial charge in [-0.1, -0.05) is 17.3 Å². The quantitative estimate of drug-likeness (QED) is 0.640. The average molecular weight is 261 g/mol. The minimum Gasteiger partial charge on any atom is -0.328 e. The summed E-state index contributed by atoms with van der Waals surface area (Å²) in [7, 11) is 0. The van der Waals surface area contributed by atoms with Crippen LogP contribution in [0.5, 0.6) is 0 Å². The normalized spacial score (nSPS) is 11.9. The van der Waals surface area contributed by atoms with Crippen LogP contribution in [0.4, 0.5) is 10.5 Å². The Balaban J connectivity index is 1.90. The molecule has 0 aliphatic carbocycles. The fourth-order valence-electron chi connectivity index (χ4n) is 1.51. The maximum absolute atomic E-state index is 11.7. The highest BCUT2D eigenvalue weighted by Gasteiger charge is 2.13. The van der Waals surface area contributed by atoms with Crippen LogP contribution < -0.4 is 16.4 Å². The number of anilines is 1. The molecule has 2 rings (SSSR count). The van der Waals surface area contributed by atoms with Crippen molar-refractivity contribution < 1.29 is 4.79 Å². The van der Waals surface area contributed by atoms with Crippen LogP contribution in [0.2, 0.25) is 0 Å². The lowest BCUT2D eigenvalue weighted by Crippen LogP contribution is -2.31. The highest BCUT2D eigenvalue weighted by molar-refractivity contribution is 5.89. The minimum atomic E-state index is -0.335. The SMILES string of the molecule is CC(NC(=O)Nc1ccc(CN)cc1)c1nn[nH]n1. The zero-order valence-electron chi connectivity index (χ0n) is 10.4. The summed E-state index contributed by atoms with van der Waals surface area (Å²) in [4.78, 5) is 11.7. The summed E-state index contributed by atoms with van der Waals surface area (Å²) in [6, 6.07) is 6.64. The van der Waals surface area contributed by atoms with E-state index < -0.39 is 0 Å². The van der Waals surface area contributed by atoms with Crippen molar-refractivity contribution in [1.29, 1.82) is 0 Å². The van der Waals surface area contributed by atoms with E-state index >= 15 is 0 Å². The number of aromatic nitrogens is 4. The van der Waals surface area contributed by atoms with Crippen molar-refractivity contribution in [3.8, 4) is 0 Å². The van der Waals surface area contributed by atoms with Gasteiger partial charge in [0.1, 0.15) is 0 Å². The largest absolute Gasteiger partial charge is 0.328 e. The van der Waals surface area contributed by atoms with E-state index in [2.05, 4.69) is 31.3 Å². The second kappa shape index (κ2) is 5.91. The predicted octanol–water partition coefficient (Wildman–Crippen LogP) is 0.541. The van der Waals surface area contributed by atoms with Gasteiger partial charge in [0.2, 0.25) is 0 Å². The number of urea groups is 1. The van der Waals surface area contributed by atoms with Crippen LogP contribution in [0.1, 0.15) is 24.4 Å². The van der Waals surface area contributed by atoms with Crippen molar-refractivity contribution in [2.75, 3.05) is 5.32 Å². The van der Waals surface area contributed by atoms with Crippen LogP contribution in [0, 0.1) is 0 Å². The number of amides is 2. The molecule has 8 heteroatoms. The lowest BCUT2D eigenvalue weighted by atomic mass is 10.2. The third-order valence-electron chi connectivity index (χ3n) is 2.54. The van der Waals surface area contributed by atoms with Crippen LogP contribution in [-0.2, 0) is 6.54 Å². The Kier molecular flexibility index (Phi) is 4.04. The highest BCUT2D eigenvalue weighted by atomic mass is 16.2. The Morgan fingerprint density at radius 3 is 2.74 bits per heavy atom. The molecule has 5 N–H and O–H groups in total. The van der Waals surface area contributed by atoms with Gasteiger partial charge in [0.15, 0.2) is 5.82 Å². The van der Waals surface area contributed by atoms with Gasteiger partial charge < -0.3 is 16.4 Å². The number of aromatic amines is 1. The first-order chi connectivity index (χ1) is 9.19. The van der Waals surface area contributed by atoms with Crippen LogP contribution in [0.25, 0.3) is 0 Å². The van der Waals surface area contributed by atoms with Crippen molar-refractivity contribution >= 4 is 11.7 Å². The zero-order chi connectivity index (χ0) is 13.7. The molecule has 2 aromatic rings. The molecule has 1 aromatic carbocycles. The lowest BCUT2D eigenvalue weighted by molar-refractivity contribution is 0.249. The molecule has 1 aromatic heterocycles. The second-order valence-electron chi connectivity index (χ2n) is 3.99. The van der Waals surface area contributed by atoms with Crippen LogP contribution >= 0.6 is 0 Å². The minimum absolute atomic E-state index is 0.331. The molecule has 19 heavy (non-hydrogen) atoms. The van der Waals surface area contributed by atoms with Crippen LogP contribution in [0.3, 0.4) is 0 Å². The van der Waals surface area contributed by atoms with E-state index in [1.165, 1.54) is 0 Å². The summed E-state index contributed by atoms with van der Waals surface area (Å²) in [5.41, 5.74) is 7.19. The molecule has 100 valence electrons. The standard InChI is InChI=1S/C11H15N7O/c1-7(10-15-17-18-16-10)13-11(19)14-9-4-2-8(6-12)3-5-9/h2-5,7H,6,12H2,1H3,(H2,13,14,19)(H,15,16,17,18). The molecule has 0 saturated heterocycles. The van der Waals surface area contributed by atoms with E-state index in [0.717, 1.165) is 5.56 Å². The third kappa shape index (κ3) is 3.49. The molecular formula is C11H15N7O. The number of benzene rings is 1. The molecule has 1 heterocycles. The Morgan fingerprint density at radius 2 is 2.16 bits per heavy atom. The number of H-pyrrole nitrogens is 1. The van der Waals surface area contributed by atoms with Crippen molar-refractivity contribution in [2.24, 2.45) is 5.73 Å². The highest BCUT2D eigenvalue weighted by Crippen LogP contribution is 2.10. The zero-order valence-corrected chi connectivity index (χ0v) is 10.4. The monoisotopic (exact) mass is 261 g/mol. The van der Waals surface area contributed by atoms with Crippen LogP contribution in [0.15, 0.2) is 24.3 Å². The first kappa shape index (κ1) is 13.0. The van der Waals surface area contributed by atoms with E-state index in [0.29, 0.717) is 18.1 Å². The van der Waals surface area contributed by atoms with Crippen molar-refractivity contribution in [3.05, 3.63) is 35.7 Å². The van der Waals surface area contributed by atoms with Crippen molar-refractivity contribution in [2.45, 2.75) is 19.5 Å². The number of carbonyl (C=O) groups excluding carboxylic acids is 1. The fraction of sp³-hybridized carbons (Fsp3) is 0.273. The van der Waals surface area contributed by atoms with E-state index in [4.69, 9.17) is 5.73 Å². The molecule has 1 unspecified atom stereocenters. The molecule has 0 aliphatic rings. The number of nitrogens with zero attached hydrogens (tertiary/aromatic N) is 3. The van der Waals surface area contributed by atoms with Gasteiger partial charge in [0.25, 0.3) is 0 Å². The Bertz CT molecular complexity index is 522. The van der Waals surface area contributed by atoms with Gasteiger partial charge in [0.05, 0.1) is 6.04 Å². The summed E-state index contributed by atoms with van der Waals surface area (Å²) in [5, 5.41) is 18.8. The third-order valence-corrected chi connectivity index (χ3v) is 2.54. The van der Waals surface area contributed by atoms with Crippen molar-refractivity contribution in [3.63, 3.8) is 0 Å². The number of carbonyl (C=O) groups is 1. The number of nitrogens with two attached hydrogens (primary N) is 1. The van der Waals surface area contributed by atoms with E-state index in [1.807, 2.05) is 12.1 Å². The molecule has 0 bridgehead atoms. The van der Waals surface area contributed by atoms with Gasteiger partial charge in [-0.05, 0) is 24.6 Å². The number of hydrogen-bond donors (Lipinski definition) is 4. The van der Waals surface area contributed by atoms with E-state index in [1.54, 1.807) is 19.1 Å².